The van der Waals surface area contributed by atoms with Crippen molar-refractivity contribution in [2.45, 2.75) is 51.2 Å². The third-order valence-corrected chi connectivity index (χ3v) is 7.22. The number of hydrogen-bond donors (Lipinski definition) is 1. The number of hydrogen-bond acceptors (Lipinski definition) is 5. The third kappa shape index (κ3) is 4.77. The topological polar surface area (TPSA) is 50.8 Å². The van der Waals surface area contributed by atoms with Gasteiger partial charge in [-0.2, -0.15) is 11.8 Å². The van der Waals surface area contributed by atoms with Crippen molar-refractivity contribution in [1.82, 2.24) is 10.2 Å². The number of likely N-dealkylation sites (tertiary alicyclic amines) is 1. The van der Waals surface area contributed by atoms with Crippen LogP contribution in [-0.4, -0.2) is 60.2 Å². The van der Waals surface area contributed by atoms with Gasteiger partial charge in [0.05, 0.1) is 0 Å². The van der Waals surface area contributed by atoms with E-state index in [4.69, 9.17) is 9.47 Å². The lowest BCUT2D eigenvalue weighted by Gasteiger charge is -2.35. The molecule has 1 amide bonds. The molecule has 3 aliphatic heterocycles. The number of benzene rings is 1. The number of ether oxygens (including phenoxy) is 2. The van der Waals surface area contributed by atoms with Crippen LogP contribution in [0, 0.1) is 5.92 Å². The molecule has 0 saturated carbocycles. The largest absolute Gasteiger partial charge is 0.483 e. The number of nitrogens with zero attached hydrogens (tertiary/aromatic N) is 1. The number of nitrogens with one attached hydrogen (secondary N) is 1. The molecule has 0 bridgehead atoms. The van der Waals surface area contributed by atoms with Crippen LogP contribution in [0.3, 0.4) is 0 Å². The molecule has 0 unspecified atom stereocenters. The van der Waals surface area contributed by atoms with E-state index in [9.17, 15) is 4.79 Å². The van der Waals surface area contributed by atoms with Crippen LogP contribution in [0.25, 0.3) is 0 Å². The third-order valence-electron chi connectivity index (χ3n) is 6.07. The van der Waals surface area contributed by atoms with E-state index in [1.165, 1.54) is 43.9 Å². The van der Waals surface area contributed by atoms with E-state index in [-0.39, 0.29) is 18.1 Å². The molecule has 3 aliphatic rings. The van der Waals surface area contributed by atoms with Crippen molar-refractivity contribution in [2.24, 2.45) is 5.92 Å². The van der Waals surface area contributed by atoms with Crippen molar-refractivity contribution < 1.29 is 14.3 Å². The average Bonchev–Trinajstić information content (AvgIpc) is 3.31. The van der Waals surface area contributed by atoms with Crippen LogP contribution in [0.5, 0.6) is 11.5 Å². The van der Waals surface area contributed by atoms with E-state index in [0.29, 0.717) is 11.7 Å². The first kappa shape index (κ1) is 19.9. The Morgan fingerprint density at radius 1 is 1.32 bits per heavy atom. The summed E-state index contributed by atoms with van der Waals surface area (Å²) in [6.07, 6.45) is 4.56. The first-order chi connectivity index (χ1) is 13.5. The van der Waals surface area contributed by atoms with E-state index in [1.54, 1.807) is 0 Å². The highest BCUT2D eigenvalue weighted by molar-refractivity contribution is 7.99. The Labute approximate surface area is 172 Å². The van der Waals surface area contributed by atoms with Crippen LogP contribution in [0.15, 0.2) is 18.2 Å². The maximum absolute atomic E-state index is 12.3. The van der Waals surface area contributed by atoms with Gasteiger partial charge in [-0.3, -0.25) is 9.69 Å². The molecular weight excluding hydrogens is 372 g/mol. The Balaban J connectivity index is 1.19. The van der Waals surface area contributed by atoms with E-state index in [0.717, 1.165) is 30.3 Å². The molecule has 1 atom stereocenters. The van der Waals surface area contributed by atoms with E-state index >= 15 is 0 Å². The predicted molar refractivity (Wildman–Crippen MR) is 113 cm³/mol. The van der Waals surface area contributed by atoms with Crippen LogP contribution in [0.4, 0.5) is 0 Å². The molecule has 0 spiro atoms. The van der Waals surface area contributed by atoms with Gasteiger partial charge in [0.15, 0.2) is 18.1 Å². The smallest absolute Gasteiger partial charge is 0.257 e. The minimum atomic E-state index is -0.212. The van der Waals surface area contributed by atoms with Crippen LogP contribution >= 0.6 is 11.8 Å². The summed E-state index contributed by atoms with van der Waals surface area (Å²) >= 11 is 2.08. The van der Waals surface area contributed by atoms with Crippen molar-refractivity contribution >= 4 is 17.7 Å². The van der Waals surface area contributed by atoms with Gasteiger partial charge in [-0.05, 0) is 63.9 Å². The number of fused-ring (bicyclic) bond motifs is 1. The van der Waals surface area contributed by atoms with Crippen molar-refractivity contribution in [3.63, 3.8) is 0 Å². The van der Waals surface area contributed by atoms with E-state index in [2.05, 4.69) is 41.9 Å². The first-order valence-electron chi connectivity index (χ1n) is 10.5. The fraction of sp³-hybridized carbons (Fsp3) is 0.682. The molecule has 3 heterocycles. The molecular formula is C22H32N2O3S. The molecule has 1 aromatic rings. The summed E-state index contributed by atoms with van der Waals surface area (Å²) < 4.78 is 11.8. The molecule has 0 aromatic heterocycles. The van der Waals surface area contributed by atoms with Gasteiger partial charge in [0.2, 0.25) is 0 Å². The zero-order valence-electron chi connectivity index (χ0n) is 17.0. The standard InChI is InChI=1S/C22H32N2O3S/c1-22(2)12-17-4-3-5-19(21(17)27-22)26-14-20(25)23-13-16-6-9-24(10-7-16)18-8-11-28-15-18/h3-5,16,18H,6-15H2,1-2H3,(H,23,25)/t18-/m0/s1. The number of piperidine rings is 1. The van der Waals surface area contributed by atoms with Crippen molar-refractivity contribution in [3.05, 3.63) is 23.8 Å². The van der Waals surface area contributed by atoms with Gasteiger partial charge in [0, 0.05) is 30.3 Å². The summed E-state index contributed by atoms with van der Waals surface area (Å²) in [6, 6.07) is 6.69. The molecule has 5 nitrogen and oxygen atoms in total. The molecule has 6 heteroatoms. The van der Waals surface area contributed by atoms with Crippen LogP contribution in [-0.2, 0) is 11.2 Å². The lowest BCUT2D eigenvalue weighted by Crippen LogP contribution is -2.44. The molecule has 1 N–H and O–H groups in total. The SMILES string of the molecule is CC1(C)Cc2cccc(OCC(=O)NCC3CCN([C@H]4CCSC4)CC3)c2O1. The minimum absolute atomic E-state index is 0.0401. The summed E-state index contributed by atoms with van der Waals surface area (Å²) in [5.74, 6) is 4.60. The van der Waals surface area contributed by atoms with Gasteiger partial charge in [-0.25, -0.2) is 0 Å². The summed E-state index contributed by atoms with van der Waals surface area (Å²) in [5, 5.41) is 3.06. The van der Waals surface area contributed by atoms with Gasteiger partial charge in [-0.1, -0.05) is 12.1 Å². The fourth-order valence-electron chi connectivity index (χ4n) is 4.49. The van der Waals surface area contributed by atoms with Gasteiger partial charge >= 0.3 is 0 Å². The highest BCUT2D eigenvalue weighted by Crippen LogP contribution is 2.41. The molecule has 2 fully saturated rings. The number of amides is 1. The summed E-state index contributed by atoms with van der Waals surface area (Å²) in [4.78, 5) is 14.9. The number of thioether (sulfide) groups is 1. The first-order valence-corrected chi connectivity index (χ1v) is 11.7. The second kappa shape index (κ2) is 8.54. The fourth-order valence-corrected chi connectivity index (χ4v) is 5.74. The summed E-state index contributed by atoms with van der Waals surface area (Å²) in [7, 11) is 0. The Hall–Kier alpha value is -1.40. The average molecular weight is 405 g/mol. The molecule has 2 saturated heterocycles. The molecule has 1 aromatic carbocycles. The highest BCUT2D eigenvalue weighted by atomic mass is 32.2. The zero-order valence-corrected chi connectivity index (χ0v) is 17.9. The van der Waals surface area contributed by atoms with Crippen LogP contribution in [0.1, 0.15) is 38.7 Å². The second-order valence-corrected chi connectivity index (χ2v) is 10.0. The normalized spacial score (nSPS) is 24.6. The Morgan fingerprint density at radius 3 is 2.89 bits per heavy atom. The second-order valence-electron chi connectivity index (χ2n) is 8.87. The van der Waals surface area contributed by atoms with Gasteiger partial charge in [0.1, 0.15) is 5.60 Å². The number of carbonyl (C=O) groups excluding carboxylic acids is 1. The lowest BCUT2D eigenvalue weighted by molar-refractivity contribution is -0.123. The molecule has 4 rings (SSSR count). The minimum Gasteiger partial charge on any atom is -0.483 e. The molecule has 154 valence electrons. The maximum atomic E-state index is 12.3. The quantitative estimate of drug-likeness (QED) is 0.790. The van der Waals surface area contributed by atoms with Gasteiger partial charge < -0.3 is 14.8 Å². The van der Waals surface area contributed by atoms with Crippen molar-refractivity contribution in [3.8, 4) is 11.5 Å². The Bertz CT molecular complexity index is 695. The van der Waals surface area contributed by atoms with Crippen LogP contribution < -0.4 is 14.8 Å². The van der Waals surface area contributed by atoms with E-state index in [1.807, 2.05) is 12.1 Å². The van der Waals surface area contributed by atoms with Gasteiger partial charge in [-0.15, -0.1) is 0 Å². The Morgan fingerprint density at radius 2 is 2.14 bits per heavy atom. The predicted octanol–water partition coefficient (Wildman–Crippen LogP) is 3.11. The Kier molecular flexibility index (Phi) is 6.07. The lowest BCUT2D eigenvalue weighted by atomic mass is 9.95. The molecule has 28 heavy (non-hydrogen) atoms. The monoisotopic (exact) mass is 404 g/mol. The molecule has 0 radical (unpaired) electrons. The number of rotatable bonds is 6. The van der Waals surface area contributed by atoms with Gasteiger partial charge in [0.25, 0.3) is 5.91 Å². The summed E-state index contributed by atoms with van der Waals surface area (Å²) in [5.41, 5.74) is 0.936. The maximum Gasteiger partial charge on any atom is 0.257 e. The van der Waals surface area contributed by atoms with Crippen LogP contribution in [0.2, 0.25) is 0 Å². The number of carbonyl (C=O) groups is 1. The summed E-state index contributed by atoms with van der Waals surface area (Å²) in [6.45, 7) is 7.28. The van der Waals surface area contributed by atoms with E-state index < -0.39 is 0 Å². The van der Waals surface area contributed by atoms with Crippen molar-refractivity contribution in [2.75, 3.05) is 37.7 Å². The number of para-hydroxylation sites is 1. The van der Waals surface area contributed by atoms with Crippen molar-refractivity contribution in [1.29, 1.82) is 0 Å². The zero-order chi connectivity index (χ0) is 19.6. The molecule has 0 aliphatic carbocycles. The highest BCUT2D eigenvalue weighted by Gasteiger charge is 2.32.